The minimum atomic E-state index is -0.101. The summed E-state index contributed by atoms with van der Waals surface area (Å²) in [6.45, 7) is 8.75. The van der Waals surface area contributed by atoms with Crippen LogP contribution in [0.4, 0.5) is 0 Å². The molecule has 2 aromatic rings. The van der Waals surface area contributed by atoms with Gasteiger partial charge < -0.3 is 5.11 Å². The minimum absolute atomic E-state index is 0.101. The van der Waals surface area contributed by atoms with Crippen LogP contribution < -0.4 is 5.56 Å². The number of benzene rings is 1. The largest absolute Gasteiger partial charge is 0.508 e. The van der Waals surface area contributed by atoms with Crippen molar-refractivity contribution in [3.63, 3.8) is 0 Å². The first kappa shape index (κ1) is 15.3. The van der Waals surface area contributed by atoms with E-state index in [9.17, 15) is 9.90 Å². The third-order valence-corrected chi connectivity index (χ3v) is 3.35. The second kappa shape index (κ2) is 6.12. The van der Waals surface area contributed by atoms with E-state index in [0.717, 1.165) is 11.1 Å². The monoisotopic (exact) mass is 286 g/mol. The van der Waals surface area contributed by atoms with Crippen LogP contribution in [0.5, 0.6) is 5.75 Å². The molecule has 0 aliphatic heterocycles. The summed E-state index contributed by atoms with van der Waals surface area (Å²) in [4.78, 5) is 11.8. The summed E-state index contributed by atoms with van der Waals surface area (Å²) in [5.41, 5.74) is 2.32. The molecule has 112 valence electrons. The van der Waals surface area contributed by atoms with Crippen molar-refractivity contribution < 1.29 is 5.11 Å². The van der Waals surface area contributed by atoms with E-state index in [1.54, 1.807) is 12.1 Å². The van der Waals surface area contributed by atoms with Gasteiger partial charge in [0.25, 0.3) is 5.56 Å². The highest BCUT2D eigenvalue weighted by molar-refractivity contribution is 5.62. The van der Waals surface area contributed by atoms with Crippen LogP contribution in [0.15, 0.2) is 35.1 Å². The number of rotatable bonds is 4. The highest BCUT2D eigenvalue weighted by Gasteiger charge is 2.10. The van der Waals surface area contributed by atoms with Crippen LogP contribution in [0.2, 0.25) is 0 Å². The van der Waals surface area contributed by atoms with Crippen molar-refractivity contribution in [1.29, 1.82) is 0 Å². The van der Waals surface area contributed by atoms with Crippen LogP contribution in [0, 0.1) is 5.92 Å². The second-order valence-corrected chi connectivity index (χ2v) is 6.06. The predicted molar refractivity (Wildman–Crippen MR) is 84.5 cm³/mol. The molecule has 1 aromatic heterocycles. The molecule has 0 bridgehead atoms. The van der Waals surface area contributed by atoms with Crippen LogP contribution in [0.3, 0.4) is 0 Å². The molecule has 0 spiro atoms. The summed E-state index contributed by atoms with van der Waals surface area (Å²) in [5, 5.41) is 14.5. The standard InChI is InChI=1S/C17H22N2O2/c1-11(2)10-19-17(21)8-7-15(18-19)13-5-6-14(12(3)4)16(20)9-13/h5-9,11-12,20H,10H2,1-4H3. The fourth-order valence-corrected chi connectivity index (χ4v) is 2.27. The van der Waals surface area contributed by atoms with Gasteiger partial charge in [-0.25, -0.2) is 4.68 Å². The summed E-state index contributed by atoms with van der Waals surface area (Å²) in [6.07, 6.45) is 0. The Kier molecular flexibility index (Phi) is 4.46. The summed E-state index contributed by atoms with van der Waals surface area (Å²) < 4.78 is 1.48. The Morgan fingerprint density at radius 3 is 2.43 bits per heavy atom. The topological polar surface area (TPSA) is 55.1 Å². The third kappa shape index (κ3) is 3.51. The molecular weight excluding hydrogens is 264 g/mol. The Balaban J connectivity index is 2.43. The molecular formula is C17H22N2O2. The normalized spacial score (nSPS) is 11.3. The van der Waals surface area contributed by atoms with Crippen molar-refractivity contribution in [2.24, 2.45) is 5.92 Å². The molecule has 0 unspecified atom stereocenters. The van der Waals surface area contributed by atoms with Gasteiger partial charge in [0, 0.05) is 18.2 Å². The van der Waals surface area contributed by atoms with Gasteiger partial charge in [-0.15, -0.1) is 0 Å². The minimum Gasteiger partial charge on any atom is -0.508 e. The highest BCUT2D eigenvalue weighted by atomic mass is 16.3. The van der Waals surface area contributed by atoms with Crippen LogP contribution in [-0.4, -0.2) is 14.9 Å². The summed E-state index contributed by atoms with van der Waals surface area (Å²) in [6, 6.07) is 8.78. The molecule has 0 aliphatic rings. The molecule has 2 rings (SSSR count). The van der Waals surface area contributed by atoms with E-state index in [0.29, 0.717) is 18.2 Å². The van der Waals surface area contributed by atoms with Gasteiger partial charge in [-0.2, -0.15) is 5.10 Å². The second-order valence-electron chi connectivity index (χ2n) is 6.06. The molecule has 0 amide bonds. The maximum Gasteiger partial charge on any atom is 0.266 e. The fourth-order valence-electron chi connectivity index (χ4n) is 2.27. The summed E-state index contributed by atoms with van der Waals surface area (Å²) >= 11 is 0. The average Bonchev–Trinajstić information content (AvgIpc) is 2.40. The van der Waals surface area contributed by atoms with Gasteiger partial charge in [-0.1, -0.05) is 39.8 Å². The van der Waals surface area contributed by atoms with Gasteiger partial charge in [0.2, 0.25) is 0 Å². The third-order valence-electron chi connectivity index (χ3n) is 3.35. The first-order chi connectivity index (χ1) is 9.88. The molecule has 1 N–H and O–H groups in total. The lowest BCUT2D eigenvalue weighted by molar-refractivity contribution is 0.462. The van der Waals surface area contributed by atoms with Crippen LogP contribution in [0.1, 0.15) is 39.2 Å². The van der Waals surface area contributed by atoms with Crippen molar-refractivity contribution in [2.45, 2.75) is 40.2 Å². The zero-order valence-corrected chi connectivity index (χ0v) is 13.0. The number of aromatic nitrogens is 2. The zero-order valence-electron chi connectivity index (χ0n) is 13.0. The number of hydrogen-bond acceptors (Lipinski definition) is 3. The molecule has 0 saturated carbocycles. The Morgan fingerprint density at radius 1 is 1.14 bits per heavy atom. The average molecular weight is 286 g/mol. The van der Waals surface area contributed by atoms with Crippen molar-refractivity contribution >= 4 is 0 Å². The van der Waals surface area contributed by atoms with Gasteiger partial charge >= 0.3 is 0 Å². The van der Waals surface area contributed by atoms with Crippen LogP contribution in [0.25, 0.3) is 11.3 Å². The first-order valence-electron chi connectivity index (χ1n) is 7.30. The number of aromatic hydroxyl groups is 1. The fraction of sp³-hybridized carbons (Fsp3) is 0.412. The Hall–Kier alpha value is -2.10. The molecule has 21 heavy (non-hydrogen) atoms. The van der Waals surface area contributed by atoms with E-state index in [-0.39, 0.29) is 17.2 Å². The lowest BCUT2D eigenvalue weighted by atomic mass is 9.99. The van der Waals surface area contributed by atoms with Gasteiger partial charge in [0.15, 0.2) is 0 Å². The van der Waals surface area contributed by atoms with Crippen molar-refractivity contribution in [3.8, 4) is 17.0 Å². The van der Waals surface area contributed by atoms with Crippen LogP contribution in [-0.2, 0) is 6.54 Å². The molecule has 0 atom stereocenters. The number of nitrogens with zero attached hydrogens (tertiary/aromatic N) is 2. The molecule has 0 radical (unpaired) electrons. The molecule has 0 fully saturated rings. The van der Waals surface area contributed by atoms with Gasteiger partial charge in [-0.3, -0.25) is 4.79 Å². The van der Waals surface area contributed by atoms with Gasteiger partial charge in [-0.05, 0) is 29.5 Å². The van der Waals surface area contributed by atoms with Crippen LogP contribution >= 0.6 is 0 Å². The van der Waals surface area contributed by atoms with E-state index >= 15 is 0 Å². The molecule has 0 aliphatic carbocycles. The predicted octanol–water partition coefficient (Wildman–Crippen LogP) is 3.40. The maximum atomic E-state index is 11.8. The number of phenolic OH excluding ortho intramolecular Hbond substituents is 1. The molecule has 0 saturated heterocycles. The van der Waals surface area contributed by atoms with Gasteiger partial charge in [0.05, 0.1) is 5.69 Å². The van der Waals surface area contributed by atoms with E-state index < -0.39 is 0 Å². The van der Waals surface area contributed by atoms with Crippen molar-refractivity contribution in [2.75, 3.05) is 0 Å². The Labute approximate surface area is 125 Å². The molecule has 1 heterocycles. The van der Waals surface area contributed by atoms with Gasteiger partial charge in [0.1, 0.15) is 5.75 Å². The van der Waals surface area contributed by atoms with E-state index in [1.165, 1.54) is 10.7 Å². The van der Waals surface area contributed by atoms with Crippen molar-refractivity contribution in [1.82, 2.24) is 9.78 Å². The Morgan fingerprint density at radius 2 is 1.86 bits per heavy atom. The zero-order chi connectivity index (χ0) is 15.6. The maximum absolute atomic E-state index is 11.8. The summed E-state index contributed by atoms with van der Waals surface area (Å²) in [7, 11) is 0. The highest BCUT2D eigenvalue weighted by Crippen LogP contribution is 2.29. The quantitative estimate of drug-likeness (QED) is 0.937. The van der Waals surface area contributed by atoms with Crippen molar-refractivity contribution in [3.05, 3.63) is 46.2 Å². The SMILES string of the molecule is CC(C)Cn1nc(-c2ccc(C(C)C)c(O)c2)ccc1=O. The number of phenols is 1. The first-order valence-corrected chi connectivity index (χ1v) is 7.30. The molecule has 4 nitrogen and oxygen atoms in total. The lowest BCUT2D eigenvalue weighted by Gasteiger charge is -2.12. The molecule has 4 heteroatoms. The summed E-state index contributed by atoms with van der Waals surface area (Å²) in [5.74, 6) is 0.884. The van der Waals surface area contributed by atoms with E-state index in [1.807, 2.05) is 39.8 Å². The lowest BCUT2D eigenvalue weighted by Crippen LogP contribution is -2.24. The van der Waals surface area contributed by atoms with E-state index in [4.69, 9.17) is 0 Å². The Bertz CT molecular complexity index is 687. The smallest absolute Gasteiger partial charge is 0.266 e. The van der Waals surface area contributed by atoms with E-state index in [2.05, 4.69) is 5.10 Å². The number of hydrogen-bond donors (Lipinski definition) is 1. The molecule has 1 aromatic carbocycles.